The topological polar surface area (TPSA) is 83.9 Å². The van der Waals surface area contributed by atoms with Gasteiger partial charge in [0.15, 0.2) is 0 Å². The standard InChI is InChI=1S/C26H32N6O3/c1-26(2,3)35-25(33)32-10-8-31(9-11-32)24-28-22(17-23(29-24)30-12-14-34-15-13-30)20-16-19-6-4-5-7-21(19)27-18-20/h4-7,16-18H,8-15H2,1-3H3. The van der Waals surface area contributed by atoms with Crippen LogP contribution >= 0.6 is 0 Å². The lowest BCUT2D eigenvalue weighted by atomic mass is 10.1. The van der Waals surface area contributed by atoms with Crippen molar-refractivity contribution >= 4 is 28.8 Å². The number of morpholine rings is 1. The number of pyridine rings is 1. The normalized spacial score (nSPS) is 17.1. The SMILES string of the molecule is CC(C)(C)OC(=O)N1CCN(c2nc(-c3cnc4ccccc4c3)cc(N3CCOCC3)n2)CC1. The highest BCUT2D eigenvalue weighted by atomic mass is 16.6. The largest absolute Gasteiger partial charge is 0.444 e. The third kappa shape index (κ3) is 5.45. The first-order chi connectivity index (χ1) is 16.9. The molecule has 2 aliphatic rings. The minimum absolute atomic E-state index is 0.275. The van der Waals surface area contributed by atoms with Gasteiger partial charge in [0.1, 0.15) is 11.4 Å². The Labute approximate surface area is 205 Å². The van der Waals surface area contributed by atoms with Gasteiger partial charge in [0.25, 0.3) is 0 Å². The van der Waals surface area contributed by atoms with Gasteiger partial charge in [-0.05, 0) is 32.9 Å². The molecule has 5 rings (SSSR count). The van der Waals surface area contributed by atoms with Gasteiger partial charge in [-0.2, -0.15) is 4.98 Å². The molecule has 3 aromatic rings. The number of anilines is 2. The molecule has 0 radical (unpaired) electrons. The average Bonchev–Trinajstić information content (AvgIpc) is 2.88. The van der Waals surface area contributed by atoms with E-state index in [4.69, 9.17) is 19.4 Å². The van der Waals surface area contributed by atoms with Crippen LogP contribution in [0.5, 0.6) is 0 Å². The Morgan fingerprint density at radius 3 is 2.43 bits per heavy atom. The fourth-order valence-electron chi connectivity index (χ4n) is 4.29. The molecular formula is C26H32N6O3. The van der Waals surface area contributed by atoms with Crippen molar-refractivity contribution in [2.24, 2.45) is 0 Å². The highest BCUT2D eigenvalue weighted by molar-refractivity contribution is 5.83. The van der Waals surface area contributed by atoms with Crippen molar-refractivity contribution < 1.29 is 14.3 Å². The van der Waals surface area contributed by atoms with Crippen LogP contribution in [-0.4, -0.2) is 84.0 Å². The summed E-state index contributed by atoms with van der Waals surface area (Å²) < 4.78 is 11.1. The number of piperazine rings is 1. The van der Waals surface area contributed by atoms with E-state index in [1.807, 2.05) is 51.2 Å². The van der Waals surface area contributed by atoms with Gasteiger partial charge in [-0.1, -0.05) is 18.2 Å². The first kappa shape index (κ1) is 23.3. The number of hydrogen-bond acceptors (Lipinski definition) is 8. The number of hydrogen-bond donors (Lipinski definition) is 0. The number of para-hydroxylation sites is 1. The molecule has 0 aliphatic carbocycles. The Kier molecular flexibility index (Phi) is 6.42. The first-order valence-corrected chi connectivity index (χ1v) is 12.2. The molecule has 35 heavy (non-hydrogen) atoms. The summed E-state index contributed by atoms with van der Waals surface area (Å²) in [7, 11) is 0. The lowest BCUT2D eigenvalue weighted by Gasteiger charge is -2.36. The Bertz CT molecular complexity index is 1200. The monoisotopic (exact) mass is 476 g/mol. The molecule has 9 nitrogen and oxygen atoms in total. The van der Waals surface area contributed by atoms with Gasteiger partial charge in [0.05, 0.1) is 24.4 Å². The van der Waals surface area contributed by atoms with Crippen molar-refractivity contribution in [3.8, 4) is 11.3 Å². The Balaban J connectivity index is 1.42. The van der Waals surface area contributed by atoms with Gasteiger partial charge in [-0.3, -0.25) is 4.98 Å². The fraction of sp³-hybridized carbons (Fsp3) is 0.462. The van der Waals surface area contributed by atoms with Gasteiger partial charge in [-0.25, -0.2) is 9.78 Å². The first-order valence-electron chi connectivity index (χ1n) is 12.2. The number of carbonyl (C=O) groups excluding carboxylic acids is 1. The van der Waals surface area contributed by atoms with Crippen molar-refractivity contribution in [3.05, 3.63) is 42.6 Å². The van der Waals surface area contributed by atoms with Crippen molar-refractivity contribution in [1.82, 2.24) is 19.9 Å². The van der Waals surface area contributed by atoms with Gasteiger partial charge in [0.2, 0.25) is 5.95 Å². The van der Waals surface area contributed by atoms with Crippen LogP contribution in [0.25, 0.3) is 22.2 Å². The van der Waals surface area contributed by atoms with Crippen LogP contribution < -0.4 is 9.80 Å². The second-order valence-corrected chi connectivity index (χ2v) is 9.88. The second-order valence-electron chi connectivity index (χ2n) is 9.88. The number of fused-ring (bicyclic) bond motifs is 1. The molecule has 184 valence electrons. The average molecular weight is 477 g/mol. The maximum atomic E-state index is 12.5. The summed E-state index contributed by atoms with van der Waals surface area (Å²) in [4.78, 5) is 33.1. The molecule has 2 aliphatic heterocycles. The quantitative estimate of drug-likeness (QED) is 0.567. The third-order valence-electron chi connectivity index (χ3n) is 6.14. The van der Waals surface area contributed by atoms with Crippen molar-refractivity contribution in [2.45, 2.75) is 26.4 Å². The highest BCUT2D eigenvalue weighted by Gasteiger charge is 2.27. The number of rotatable bonds is 3. The van der Waals surface area contributed by atoms with Crippen LogP contribution in [0.4, 0.5) is 16.6 Å². The van der Waals surface area contributed by atoms with Crippen molar-refractivity contribution in [2.75, 3.05) is 62.3 Å². The number of benzene rings is 1. The lowest BCUT2D eigenvalue weighted by Crippen LogP contribution is -2.50. The number of carbonyl (C=O) groups is 1. The van der Waals surface area contributed by atoms with Crippen molar-refractivity contribution in [1.29, 1.82) is 0 Å². The Morgan fingerprint density at radius 1 is 0.943 bits per heavy atom. The molecule has 0 unspecified atom stereocenters. The zero-order chi connectivity index (χ0) is 24.4. The van der Waals surface area contributed by atoms with Gasteiger partial charge in [0, 0.05) is 62.5 Å². The summed E-state index contributed by atoms with van der Waals surface area (Å²) >= 11 is 0. The molecular weight excluding hydrogens is 444 g/mol. The molecule has 1 aromatic carbocycles. The van der Waals surface area contributed by atoms with E-state index in [1.54, 1.807) is 4.90 Å². The van der Waals surface area contributed by atoms with Gasteiger partial charge < -0.3 is 24.2 Å². The predicted octanol–water partition coefficient (Wildman–Crippen LogP) is 3.59. The summed E-state index contributed by atoms with van der Waals surface area (Å²) in [6.45, 7) is 11.0. The van der Waals surface area contributed by atoms with Crippen LogP contribution in [0.3, 0.4) is 0 Å². The zero-order valence-corrected chi connectivity index (χ0v) is 20.6. The Hall–Kier alpha value is -3.46. The summed E-state index contributed by atoms with van der Waals surface area (Å²) in [5.41, 5.74) is 2.24. The predicted molar refractivity (Wildman–Crippen MR) is 136 cm³/mol. The number of aromatic nitrogens is 3. The Morgan fingerprint density at radius 2 is 1.69 bits per heavy atom. The maximum Gasteiger partial charge on any atom is 0.410 e. The van der Waals surface area contributed by atoms with E-state index in [0.717, 1.165) is 41.1 Å². The van der Waals surface area contributed by atoms with Crippen molar-refractivity contribution in [3.63, 3.8) is 0 Å². The molecule has 0 bridgehead atoms. The zero-order valence-electron chi connectivity index (χ0n) is 20.6. The van der Waals surface area contributed by atoms with E-state index >= 15 is 0 Å². The van der Waals surface area contributed by atoms with E-state index in [0.29, 0.717) is 45.3 Å². The summed E-state index contributed by atoms with van der Waals surface area (Å²) in [6, 6.07) is 12.2. The van der Waals surface area contributed by atoms with E-state index in [-0.39, 0.29) is 6.09 Å². The molecule has 2 aromatic heterocycles. The molecule has 0 atom stereocenters. The minimum atomic E-state index is -0.507. The minimum Gasteiger partial charge on any atom is -0.444 e. The van der Waals surface area contributed by atoms with Crippen LogP contribution in [0, 0.1) is 0 Å². The lowest BCUT2D eigenvalue weighted by molar-refractivity contribution is 0.0240. The molecule has 4 heterocycles. The number of nitrogens with zero attached hydrogens (tertiary/aromatic N) is 6. The van der Waals surface area contributed by atoms with Crippen LogP contribution in [0.15, 0.2) is 42.6 Å². The number of amides is 1. The molecule has 0 saturated carbocycles. The van der Waals surface area contributed by atoms with E-state index in [9.17, 15) is 4.79 Å². The number of ether oxygens (including phenoxy) is 2. The van der Waals surface area contributed by atoms with Gasteiger partial charge in [-0.15, -0.1) is 0 Å². The second kappa shape index (κ2) is 9.65. The van der Waals surface area contributed by atoms with Crippen LogP contribution in [-0.2, 0) is 9.47 Å². The molecule has 9 heteroatoms. The summed E-state index contributed by atoms with van der Waals surface area (Å²) in [6.07, 6.45) is 1.60. The van der Waals surface area contributed by atoms with E-state index in [2.05, 4.69) is 26.9 Å². The van der Waals surface area contributed by atoms with Crippen LogP contribution in [0.2, 0.25) is 0 Å². The summed E-state index contributed by atoms with van der Waals surface area (Å²) in [5, 5.41) is 1.07. The van der Waals surface area contributed by atoms with Gasteiger partial charge >= 0.3 is 6.09 Å². The molecule has 2 saturated heterocycles. The smallest absolute Gasteiger partial charge is 0.410 e. The highest BCUT2D eigenvalue weighted by Crippen LogP contribution is 2.28. The molecule has 0 N–H and O–H groups in total. The molecule has 0 spiro atoms. The van der Waals surface area contributed by atoms with E-state index < -0.39 is 5.60 Å². The fourth-order valence-corrected chi connectivity index (χ4v) is 4.29. The van der Waals surface area contributed by atoms with E-state index in [1.165, 1.54) is 0 Å². The molecule has 1 amide bonds. The maximum absolute atomic E-state index is 12.5. The van der Waals surface area contributed by atoms with Crippen LogP contribution in [0.1, 0.15) is 20.8 Å². The third-order valence-corrected chi connectivity index (χ3v) is 6.14. The molecule has 2 fully saturated rings. The summed E-state index contributed by atoms with van der Waals surface area (Å²) in [5.74, 6) is 1.55.